The van der Waals surface area contributed by atoms with Crippen LogP contribution in [-0.4, -0.2) is 6.54 Å². The van der Waals surface area contributed by atoms with Crippen molar-refractivity contribution in [2.75, 3.05) is 6.54 Å². The van der Waals surface area contributed by atoms with Gasteiger partial charge in [-0.1, -0.05) is 43.6 Å². The normalized spacial score (nSPS) is 12.6. The Balaban J connectivity index is 2.26. The molecule has 19 heavy (non-hydrogen) atoms. The van der Waals surface area contributed by atoms with Gasteiger partial charge in [-0.2, -0.15) is 0 Å². The molecule has 2 aromatic rings. The zero-order valence-corrected chi connectivity index (χ0v) is 13.0. The molecule has 1 aromatic carbocycles. The minimum absolute atomic E-state index is 0.429. The van der Waals surface area contributed by atoms with E-state index in [-0.39, 0.29) is 0 Å². The fraction of sp³-hybridized carbons (Fsp3) is 0.375. The van der Waals surface area contributed by atoms with Crippen LogP contribution in [0.5, 0.6) is 0 Å². The van der Waals surface area contributed by atoms with Crippen LogP contribution in [0.3, 0.4) is 0 Å². The molecule has 1 heterocycles. The minimum Gasteiger partial charge on any atom is -0.310 e. The average molecular weight is 294 g/mol. The van der Waals surface area contributed by atoms with Crippen LogP contribution in [0.15, 0.2) is 35.7 Å². The van der Waals surface area contributed by atoms with E-state index in [4.69, 9.17) is 11.6 Å². The number of thiophene rings is 1. The Morgan fingerprint density at radius 2 is 2.11 bits per heavy atom. The summed E-state index contributed by atoms with van der Waals surface area (Å²) in [6, 6.07) is 11.1. The van der Waals surface area contributed by atoms with E-state index in [1.165, 1.54) is 11.1 Å². The quantitative estimate of drug-likeness (QED) is 0.739. The van der Waals surface area contributed by atoms with Gasteiger partial charge in [0.25, 0.3) is 0 Å². The summed E-state index contributed by atoms with van der Waals surface area (Å²) in [6.45, 7) is 5.47. The van der Waals surface area contributed by atoms with Gasteiger partial charge in [-0.3, -0.25) is 0 Å². The highest BCUT2D eigenvalue weighted by molar-refractivity contribution is 7.14. The maximum Gasteiger partial charge on any atom is 0.0592 e. The molecule has 1 unspecified atom stereocenters. The highest BCUT2D eigenvalue weighted by Crippen LogP contribution is 2.34. The van der Waals surface area contributed by atoms with Gasteiger partial charge in [-0.25, -0.2) is 0 Å². The van der Waals surface area contributed by atoms with E-state index in [0.29, 0.717) is 6.04 Å². The first-order valence-electron chi connectivity index (χ1n) is 6.83. The summed E-state index contributed by atoms with van der Waals surface area (Å²) in [5, 5.41) is 6.48. The van der Waals surface area contributed by atoms with Gasteiger partial charge in [0, 0.05) is 6.04 Å². The molecule has 0 aliphatic rings. The van der Waals surface area contributed by atoms with E-state index in [9.17, 15) is 0 Å². The van der Waals surface area contributed by atoms with Crippen LogP contribution >= 0.6 is 22.9 Å². The van der Waals surface area contributed by atoms with Crippen LogP contribution in [0.2, 0.25) is 5.02 Å². The topological polar surface area (TPSA) is 12.0 Å². The molecule has 1 aromatic heterocycles. The molecule has 102 valence electrons. The Bertz CT molecular complexity index is 521. The summed E-state index contributed by atoms with van der Waals surface area (Å²) >= 11 is 7.91. The lowest BCUT2D eigenvalue weighted by Crippen LogP contribution is -2.21. The summed E-state index contributed by atoms with van der Waals surface area (Å²) in [4.78, 5) is 1.16. The van der Waals surface area contributed by atoms with Crippen molar-refractivity contribution in [2.24, 2.45) is 0 Å². The highest BCUT2D eigenvalue weighted by Gasteiger charge is 2.11. The van der Waals surface area contributed by atoms with Gasteiger partial charge in [0.05, 0.1) is 9.90 Å². The lowest BCUT2D eigenvalue weighted by molar-refractivity contribution is 0.518. The molecular weight excluding hydrogens is 274 g/mol. The highest BCUT2D eigenvalue weighted by atomic mass is 35.5. The van der Waals surface area contributed by atoms with Crippen molar-refractivity contribution >= 4 is 22.9 Å². The molecule has 0 radical (unpaired) electrons. The van der Waals surface area contributed by atoms with Gasteiger partial charge >= 0.3 is 0 Å². The van der Waals surface area contributed by atoms with Crippen molar-refractivity contribution in [3.05, 3.63) is 46.3 Å². The van der Waals surface area contributed by atoms with Crippen LogP contribution < -0.4 is 5.32 Å². The molecule has 0 amide bonds. The van der Waals surface area contributed by atoms with Gasteiger partial charge in [0.1, 0.15) is 0 Å². The third-order valence-electron chi connectivity index (χ3n) is 3.22. The molecule has 3 heteroatoms. The Morgan fingerprint density at radius 3 is 2.74 bits per heavy atom. The van der Waals surface area contributed by atoms with Gasteiger partial charge in [0.2, 0.25) is 0 Å². The van der Waals surface area contributed by atoms with Crippen molar-refractivity contribution in [3.63, 3.8) is 0 Å². The van der Waals surface area contributed by atoms with Gasteiger partial charge in [0.15, 0.2) is 0 Å². The Kier molecular flexibility index (Phi) is 5.44. The van der Waals surface area contributed by atoms with Gasteiger partial charge < -0.3 is 5.32 Å². The van der Waals surface area contributed by atoms with Crippen LogP contribution in [0.1, 0.15) is 38.3 Å². The van der Waals surface area contributed by atoms with Gasteiger partial charge in [-0.15, -0.1) is 11.3 Å². The van der Waals surface area contributed by atoms with Crippen LogP contribution in [0.25, 0.3) is 10.4 Å². The molecular formula is C16H20ClNS. The molecule has 0 fully saturated rings. The van der Waals surface area contributed by atoms with E-state index in [2.05, 4.69) is 43.4 Å². The molecule has 0 bridgehead atoms. The molecule has 0 aliphatic heterocycles. The zero-order valence-electron chi connectivity index (χ0n) is 11.4. The van der Waals surface area contributed by atoms with Crippen LogP contribution in [-0.2, 0) is 0 Å². The number of hydrogen-bond donors (Lipinski definition) is 1. The number of rotatable bonds is 6. The van der Waals surface area contributed by atoms with E-state index in [1.807, 2.05) is 11.4 Å². The maximum absolute atomic E-state index is 6.22. The van der Waals surface area contributed by atoms with Crippen molar-refractivity contribution in [1.29, 1.82) is 0 Å². The minimum atomic E-state index is 0.429. The SMILES string of the molecule is CCCNC(CC)c1cccc(-c2sccc2Cl)c1. The Hall–Kier alpha value is -0.830. The average Bonchev–Trinajstić information content (AvgIpc) is 2.86. The summed E-state index contributed by atoms with van der Waals surface area (Å²) in [5.74, 6) is 0. The third kappa shape index (κ3) is 3.59. The molecule has 1 nitrogen and oxygen atoms in total. The predicted octanol–water partition coefficient (Wildman–Crippen LogP) is 5.52. The van der Waals surface area contributed by atoms with Crippen LogP contribution in [0, 0.1) is 0 Å². The van der Waals surface area contributed by atoms with E-state index < -0.39 is 0 Å². The fourth-order valence-electron chi connectivity index (χ4n) is 2.21. The second-order valence-electron chi connectivity index (χ2n) is 4.64. The Morgan fingerprint density at radius 1 is 1.26 bits per heavy atom. The first-order chi connectivity index (χ1) is 9.26. The standard InChI is InChI=1S/C16H20ClNS/c1-3-9-18-15(4-2)12-6-5-7-13(11-12)16-14(17)8-10-19-16/h5-8,10-11,15,18H,3-4,9H2,1-2H3. The van der Waals surface area contributed by atoms with E-state index >= 15 is 0 Å². The van der Waals surface area contributed by atoms with Gasteiger partial charge in [-0.05, 0) is 48.0 Å². The zero-order chi connectivity index (χ0) is 13.7. The second kappa shape index (κ2) is 7.09. The molecule has 1 atom stereocenters. The lowest BCUT2D eigenvalue weighted by Gasteiger charge is -2.17. The van der Waals surface area contributed by atoms with Crippen molar-refractivity contribution in [3.8, 4) is 10.4 Å². The second-order valence-corrected chi connectivity index (χ2v) is 5.96. The van der Waals surface area contributed by atoms with Crippen LogP contribution in [0.4, 0.5) is 0 Å². The molecule has 0 aliphatic carbocycles. The molecule has 0 spiro atoms. The monoisotopic (exact) mass is 293 g/mol. The number of benzene rings is 1. The predicted molar refractivity (Wildman–Crippen MR) is 86.1 cm³/mol. The largest absolute Gasteiger partial charge is 0.310 e. The number of hydrogen-bond acceptors (Lipinski definition) is 2. The smallest absolute Gasteiger partial charge is 0.0592 e. The third-order valence-corrected chi connectivity index (χ3v) is 4.61. The summed E-state index contributed by atoms with van der Waals surface area (Å²) in [6.07, 6.45) is 2.26. The van der Waals surface area contributed by atoms with E-state index in [1.54, 1.807) is 11.3 Å². The summed E-state index contributed by atoms with van der Waals surface area (Å²) in [7, 11) is 0. The van der Waals surface area contributed by atoms with Crippen molar-refractivity contribution in [1.82, 2.24) is 5.32 Å². The molecule has 0 saturated carbocycles. The number of halogens is 1. The summed E-state index contributed by atoms with van der Waals surface area (Å²) < 4.78 is 0. The lowest BCUT2D eigenvalue weighted by atomic mass is 10.0. The molecule has 0 saturated heterocycles. The van der Waals surface area contributed by atoms with Crippen molar-refractivity contribution in [2.45, 2.75) is 32.7 Å². The van der Waals surface area contributed by atoms with Crippen molar-refractivity contribution < 1.29 is 0 Å². The molecule has 1 N–H and O–H groups in total. The summed E-state index contributed by atoms with van der Waals surface area (Å²) in [5.41, 5.74) is 2.56. The number of nitrogens with one attached hydrogen (secondary N) is 1. The maximum atomic E-state index is 6.22. The first kappa shape index (κ1) is 14.6. The molecule has 2 rings (SSSR count). The first-order valence-corrected chi connectivity index (χ1v) is 8.08. The fourth-order valence-corrected chi connectivity index (χ4v) is 3.38. The Labute approximate surface area is 124 Å². The van der Waals surface area contributed by atoms with E-state index in [0.717, 1.165) is 29.3 Å².